The van der Waals surface area contributed by atoms with E-state index in [9.17, 15) is 0 Å². The fourth-order valence-electron chi connectivity index (χ4n) is 1.26. The van der Waals surface area contributed by atoms with Gasteiger partial charge < -0.3 is 9.47 Å². The first-order valence-corrected chi connectivity index (χ1v) is 5.12. The van der Waals surface area contributed by atoms with Crippen LogP contribution in [0.3, 0.4) is 0 Å². The fraction of sp³-hybridized carbons (Fsp3) is 0.154. The number of pyridine rings is 1. The van der Waals surface area contributed by atoms with Crippen LogP contribution >= 0.6 is 0 Å². The Labute approximate surface area is 94.7 Å². The summed E-state index contributed by atoms with van der Waals surface area (Å²) in [6, 6.07) is 12.8. The van der Waals surface area contributed by atoms with E-state index >= 15 is 0 Å². The molecule has 0 bridgehead atoms. The predicted octanol–water partition coefficient (Wildman–Crippen LogP) is 3.07. The van der Waals surface area contributed by atoms with Gasteiger partial charge in [-0.1, -0.05) is 6.07 Å². The van der Waals surface area contributed by atoms with E-state index < -0.39 is 0 Å². The smallest absolute Gasteiger partial charge is 0.219 e. The van der Waals surface area contributed by atoms with Gasteiger partial charge in [0.1, 0.15) is 11.5 Å². The van der Waals surface area contributed by atoms with E-state index in [1.165, 1.54) is 0 Å². The number of nitrogens with zero attached hydrogens (tertiary/aromatic N) is 1. The summed E-state index contributed by atoms with van der Waals surface area (Å²) in [5.74, 6) is 2.10. The van der Waals surface area contributed by atoms with Crippen LogP contribution in [-0.4, -0.2) is 11.6 Å². The molecule has 1 heterocycles. The molecule has 0 N–H and O–H groups in total. The zero-order valence-corrected chi connectivity index (χ0v) is 9.01. The van der Waals surface area contributed by atoms with E-state index in [-0.39, 0.29) is 0 Å². The Bertz CT molecular complexity index is 425. The molecule has 1 aromatic heterocycles. The Hall–Kier alpha value is -2.03. The van der Waals surface area contributed by atoms with Crippen LogP contribution < -0.4 is 9.47 Å². The van der Waals surface area contributed by atoms with E-state index in [0.717, 1.165) is 11.5 Å². The lowest BCUT2D eigenvalue weighted by Gasteiger charge is -2.05. The Morgan fingerprint density at radius 1 is 1.12 bits per heavy atom. The maximum absolute atomic E-state index is 5.51. The number of rotatable bonds is 4. The van der Waals surface area contributed by atoms with Crippen LogP contribution in [0.5, 0.6) is 17.4 Å². The molecule has 2 rings (SSSR count). The van der Waals surface area contributed by atoms with E-state index in [1.54, 1.807) is 12.1 Å². The zero-order valence-electron chi connectivity index (χ0n) is 9.01. The summed E-state index contributed by atoms with van der Waals surface area (Å²) in [6.45, 7) is 2.61. The van der Waals surface area contributed by atoms with Crippen molar-refractivity contribution in [2.45, 2.75) is 6.92 Å². The molecule has 0 spiro atoms. The van der Waals surface area contributed by atoms with Crippen molar-refractivity contribution >= 4 is 0 Å². The number of benzene rings is 1. The average Bonchev–Trinajstić information content (AvgIpc) is 2.33. The highest BCUT2D eigenvalue weighted by Crippen LogP contribution is 2.21. The minimum atomic E-state index is 0.534. The van der Waals surface area contributed by atoms with Crippen molar-refractivity contribution in [1.29, 1.82) is 0 Å². The van der Waals surface area contributed by atoms with Crippen LogP contribution in [0.1, 0.15) is 6.92 Å². The molecule has 0 atom stereocenters. The molecule has 16 heavy (non-hydrogen) atoms. The quantitative estimate of drug-likeness (QED) is 0.783. The van der Waals surface area contributed by atoms with Gasteiger partial charge >= 0.3 is 0 Å². The van der Waals surface area contributed by atoms with Crippen LogP contribution in [0, 0.1) is 6.20 Å². The average molecular weight is 214 g/mol. The highest BCUT2D eigenvalue weighted by Gasteiger charge is 1.98. The maximum Gasteiger partial charge on any atom is 0.219 e. The zero-order chi connectivity index (χ0) is 11.2. The molecule has 0 aliphatic heterocycles. The Morgan fingerprint density at radius 3 is 2.50 bits per heavy atom. The number of hydrogen-bond acceptors (Lipinski definition) is 3. The van der Waals surface area contributed by atoms with Gasteiger partial charge in [0.25, 0.3) is 0 Å². The van der Waals surface area contributed by atoms with Gasteiger partial charge in [-0.2, -0.15) is 0 Å². The summed E-state index contributed by atoms with van der Waals surface area (Å²) in [5, 5.41) is 0. The van der Waals surface area contributed by atoms with Gasteiger partial charge in [-0.25, -0.2) is 4.98 Å². The fourth-order valence-corrected chi connectivity index (χ4v) is 1.26. The third-order valence-corrected chi connectivity index (χ3v) is 1.94. The van der Waals surface area contributed by atoms with Gasteiger partial charge in [-0.3, -0.25) is 0 Å². The summed E-state index contributed by atoms with van der Waals surface area (Å²) in [5.41, 5.74) is 0. The van der Waals surface area contributed by atoms with E-state index in [0.29, 0.717) is 12.5 Å². The third kappa shape index (κ3) is 2.73. The Kier molecular flexibility index (Phi) is 3.38. The Balaban J connectivity index is 2.05. The van der Waals surface area contributed by atoms with Crippen LogP contribution in [-0.2, 0) is 0 Å². The highest BCUT2D eigenvalue weighted by molar-refractivity contribution is 5.33. The molecule has 0 aliphatic carbocycles. The van der Waals surface area contributed by atoms with Crippen LogP contribution in [0.25, 0.3) is 0 Å². The van der Waals surface area contributed by atoms with Gasteiger partial charge in [-0.05, 0) is 37.3 Å². The molecular weight excluding hydrogens is 202 g/mol. The first-order valence-electron chi connectivity index (χ1n) is 5.12. The first-order chi connectivity index (χ1) is 7.88. The van der Waals surface area contributed by atoms with E-state index in [4.69, 9.17) is 9.47 Å². The summed E-state index contributed by atoms with van der Waals surface area (Å²) >= 11 is 0. The van der Waals surface area contributed by atoms with Crippen LogP contribution in [0.2, 0.25) is 0 Å². The van der Waals surface area contributed by atoms with Gasteiger partial charge in [0.2, 0.25) is 5.88 Å². The van der Waals surface area contributed by atoms with Crippen molar-refractivity contribution in [3.8, 4) is 17.4 Å². The minimum Gasteiger partial charge on any atom is -0.494 e. The van der Waals surface area contributed by atoms with Gasteiger partial charge in [-0.15, -0.1) is 0 Å². The molecule has 3 nitrogen and oxygen atoms in total. The Morgan fingerprint density at radius 2 is 1.88 bits per heavy atom. The molecular formula is C13H12NO2. The van der Waals surface area contributed by atoms with Crippen molar-refractivity contribution in [3.63, 3.8) is 0 Å². The summed E-state index contributed by atoms with van der Waals surface area (Å²) in [4.78, 5) is 3.95. The molecule has 0 saturated heterocycles. The van der Waals surface area contributed by atoms with E-state index in [1.807, 2.05) is 37.3 Å². The monoisotopic (exact) mass is 214 g/mol. The van der Waals surface area contributed by atoms with Crippen molar-refractivity contribution in [3.05, 3.63) is 48.7 Å². The SMILES string of the molecule is CCOc1ccc(Oc2ccc[c]n2)cc1. The molecule has 2 aromatic rings. The highest BCUT2D eigenvalue weighted by atomic mass is 16.5. The largest absolute Gasteiger partial charge is 0.494 e. The normalized spacial score (nSPS) is 9.81. The number of aromatic nitrogens is 1. The molecule has 0 fully saturated rings. The number of hydrogen-bond donors (Lipinski definition) is 0. The van der Waals surface area contributed by atoms with Gasteiger partial charge in [0, 0.05) is 6.07 Å². The van der Waals surface area contributed by atoms with Crippen molar-refractivity contribution in [2.24, 2.45) is 0 Å². The van der Waals surface area contributed by atoms with Crippen LogP contribution in [0.4, 0.5) is 0 Å². The standard InChI is InChI=1S/C13H12NO2/c1-2-15-11-6-8-12(9-7-11)16-13-5-3-4-10-14-13/h3-9H,2H2,1H3. The minimum absolute atomic E-state index is 0.534. The summed E-state index contributed by atoms with van der Waals surface area (Å²) < 4.78 is 10.8. The molecule has 3 heteroatoms. The first kappa shape index (κ1) is 10.5. The van der Waals surface area contributed by atoms with E-state index in [2.05, 4.69) is 11.2 Å². The van der Waals surface area contributed by atoms with Crippen molar-refractivity contribution in [1.82, 2.24) is 4.98 Å². The molecule has 0 amide bonds. The number of ether oxygens (including phenoxy) is 2. The molecule has 0 aliphatic rings. The summed E-state index contributed by atoms with van der Waals surface area (Å²) in [7, 11) is 0. The van der Waals surface area contributed by atoms with Gasteiger partial charge in [0.05, 0.1) is 12.8 Å². The second kappa shape index (κ2) is 5.16. The predicted molar refractivity (Wildman–Crippen MR) is 60.8 cm³/mol. The summed E-state index contributed by atoms with van der Waals surface area (Å²) in [6.07, 6.45) is 2.71. The lowest BCUT2D eigenvalue weighted by atomic mass is 10.3. The lowest BCUT2D eigenvalue weighted by molar-refractivity contribution is 0.339. The molecule has 1 radical (unpaired) electrons. The maximum atomic E-state index is 5.51. The van der Waals surface area contributed by atoms with Crippen molar-refractivity contribution in [2.75, 3.05) is 6.61 Å². The molecule has 0 saturated carbocycles. The molecule has 0 unspecified atom stereocenters. The topological polar surface area (TPSA) is 31.4 Å². The molecule has 1 aromatic carbocycles. The van der Waals surface area contributed by atoms with Gasteiger partial charge in [0.15, 0.2) is 0 Å². The third-order valence-electron chi connectivity index (χ3n) is 1.94. The lowest BCUT2D eigenvalue weighted by Crippen LogP contribution is -1.91. The second-order valence-corrected chi connectivity index (χ2v) is 3.11. The molecule has 81 valence electrons. The second-order valence-electron chi connectivity index (χ2n) is 3.11. The van der Waals surface area contributed by atoms with Crippen LogP contribution in [0.15, 0.2) is 42.5 Å². The van der Waals surface area contributed by atoms with Crippen molar-refractivity contribution < 1.29 is 9.47 Å².